The van der Waals surface area contributed by atoms with E-state index in [-0.39, 0.29) is 6.04 Å². The van der Waals surface area contributed by atoms with Gasteiger partial charge in [-0.05, 0) is 65.7 Å². The number of rotatable bonds is 4. The molecule has 156 valence electrons. The molecule has 1 heteroatoms. The number of hydrogen-bond donors (Lipinski definition) is 0. The van der Waals surface area contributed by atoms with Crippen LogP contribution in [-0.2, 0) is 6.54 Å². The van der Waals surface area contributed by atoms with E-state index in [1.807, 2.05) is 0 Å². The van der Waals surface area contributed by atoms with E-state index < -0.39 is 0 Å². The largest absolute Gasteiger partial charge is 0.281 e. The van der Waals surface area contributed by atoms with Crippen molar-refractivity contribution >= 4 is 6.08 Å². The summed E-state index contributed by atoms with van der Waals surface area (Å²) in [6.45, 7) is 3.35. The van der Waals surface area contributed by atoms with Gasteiger partial charge in [0.1, 0.15) is 0 Å². The molecule has 0 saturated heterocycles. The molecular formula is C30H31N. The minimum absolute atomic E-state index is 0.272. The molecule has 0 spiro atoms. The van der Waals surface area contributed by atoms with E-state index in [0.717, 1.165) is 6.54 Å². The van der Waals surface area contributed by atoms with Crippen molar-refractivity contribution in [3.63, 3.8) is 0 Å². The Morgan fingerprint density at radius 2 is 1.45 bits per heavy atom. The van der Waals surface area contributed by atoms with Gasteiger partial charge >= 0.3 is 0 Å². The SMILES string of the molecule is CC1=C2CCCC[C@H]2N(Cc2ccccc2)[C@@H](c2ccccc2)/C1=C/c1ccccc1. The molecule has 0 N–H and O–H groups in total. The average molecular weight is 406 g/mol. The monoisotopic (exact) mass is 405 g/mol. The van der Waals surface area contributed by atoms with Crippen molar-refractivity contribution in [3.05, 3.63) is 124 Å². The minimum Gasteiger partial charge on any atom is -0.281 e. The normalized spacial score (nSPS) is 23.1. The second-order valence-corrected chi connectivity index (χ2v) is 8.89. The van der Waals surface area contributed by atoms with E-state index in [4.69, 9.17) is 0 Å². The standard InChI is InChI=1S/C30H31N/c1-23-27-19-11-12-20-29(27)31(22-25-15-7-3-8-16-25)30(26-17-9-4-10-18-26)28(23)21-24-13-5-2-6-14-24/h2-10,13-18,21,29-30H,11-12,19-20,22H2,1H3/b28-21+/t29-,30+/m1/s1. The molecule has 1 fully saturated rings. The van der Waals surface area contributed by atoms with Gasteiger partial charge < -0.3 is 0 Å². The van der Waals surface area contributed by atoms with Gasteiger partial charge in [0.25, 0.3) is 0 Å². The van der Waals surface area contributed by atoms with Crippen molar-refractivity contribution in [3.8, 4) is 0 Å². The number of nitrogens with zero attached hydrogens (tertiary/aromatic N) is 1. The van der Waals surface area contributed by atoms with Crippen LogP contribution in [0.15, 0.2) is 108 Å². The van der Waals surface area contributed by atoms with Crippen LogP contribution < -0.4 is 0 Å². The molecule has 1 nitrogen and oxygen atoms in total. The second kappa shape index (κ2) is 9.08. The zero-order chi connectivity index (χ0) is 21.0. The molecule has 2 aliphatic rings. The van der Waals surface area contributed by atoms with Crippen LogP contribution in [-0.4, -0.2) is 10.9 Å². The Labute approximate surface area is 186 Å². The van der Waals surface area contributed by atoms with Crippen LogP contribution >= 0.6 is 0 Å². The second-order valence-electron chi connectivity index (χ2n) is 8.89. The molecule has 0 unspecified atom stereocenters. The van der Waals surface area contributed by atoms with Crippen LogP contribution in [0, 0.1) is 0 Å². The first-order valence-electron chi connectivity index (χ1n) is 11.6. The molecule has 31 heavy (non-hydrogen) atoms. The average Bonchev–Trinajstić information content (AvgIpc) is 2.84. The lowest BCUT2D eigenvalue weighted by atomic mass is 9.75. The Balaban J connectivity index is 1.68. The molecule has 0 amide bonds. The lowest BCUT2D eigenvalue weighted by Gasteiger charge is -2.48. The summed E-state index contributed by atoms with van der Waals surface area (Å²) in [5.41, 5.74) is 8.72. The first kappa shape index (κ1) is 20.0. The Morgan fingerprint density at radius 1 is 0.806 bits per heavy atom. The fraction of sp³-hybridized carbons (Fsp3) is 0.267. The third-order valence-electron chi connectivity index (χ3n) is 6.96. The highest BCUT2D eigenvalue weighted by Gasteiger charge is 2.39. The van der Waals surface area contributed by atoms with Gasteiger partial charge in [-0.15, -0.1) is 0 Å². The zero-order valence-electron chi connectivity index (χ0n) is 18.4. The summed E-state index contributed by atoms with van der Waals surface area (Å²) in [7, 11) is 0. The van der Waals surface area contributed by atoms with E-state index >= 15 is 0 Å². The van der Waals surface area contributed by atoms with Crippen molar-refractivity contribution in [2.45, 2.75) is 51.2 Å². The van der Waals surface area contributed by atoms with Crippen molar-refractivity contribution in [2.24, 2.45) is 0 Å². The highest BCUT2D eigenvalue weighted by Crippen LogP contribution is 2.47. The molecule has 5 rings (SSSR count). The summed E-state index contributed by atoms with van der Waals surface area (Å²) in [4.78, 5) is 2.78. The maximum atomic E-state index is 2.78. The molecule has 2 atom stereocenters. The third-order valence-corrected chi connectivity index (χ3v) is 6.96. The Bertz CT molecular complexity index is 1060. The lowest BCUT2D eigenvalue weighted by molar-refractivity contribution is 0.135. The van der Waals surface area contributed by atoms with Gasteiger partial charge in [0.05, 0.1) is 6.04 Å². The minimum atomic E-state index is 0.272. The van der Waals surface area contributed by atoms with Crippen LogP contribution in [0.1, 0.15) is 55.3 Å². The lowest BCUT2D eigenvalue weighted by Crippen LogP contribution is -2.45. The van der Waals surface area contributed by atoms with Gasteiger partial charge in [0, 0.05) is 12.6 Å². The van der Waals surface area contributed by atoms with Crippen molar-refractivity contribution < 1.29 is 0 Å². The van der Waals surface area contributed by atoms with Crippen LogP contribution in [0.25, 0.3) is 6.08 Å². The Morgan fingerprint density at radius 3 is 2.16 bits per heavy atom. The Kier molecular flexibility index (Phi) is 5.86. The Hall–Kier alpha value is -2.90. The maximum absolute atomic E-state index is 2.78. The predicted octanol–water partition coefficient (Wildman–Crippen LogP) is 7.59. The van der Waals surface area contributed by atoms with E-state index in [1.54, 1.807) is 5.57 Å². The van der Waals surface area contributed by atoms with Gasteiger partial charge in [-0.2, -0.15) is 0 Å². The summed E-state index contributed by atoms with van der Waals surface area (Å²) in [6, 6.07) is 33.7. The van der Waals surface area contributed by atoms with E-state index in [0.29, 0.717) is 6.04 Å². The fourth-order valence-corrected chi connectivity index (χ4v) is 5.46. The highest BCUT2D eigenvalue weighted by molar-refractivity contribution is 5.63. The summed E-state index contributed by atoms with van der Waals surface area (Å²) >= 11 is 0. The molecule has 1 aliphatic heterocycles. The van der Waals surface area contributed by atoms with E-state index in [2.05, 4.69) is 109 Å². The quantitative estimate of drug-likeness (QED) is 0.432. The predicted molar refractivity (Wildman–Crippen MR) is 131 cm³/mol. The van der Waals surface area contributed by atoms with Gasteiger partial charge in [-0.3, -0.25) is 4.90 Å². The smallest absolute Gasteiger partial charge is 0.0612 e. The van der Waals surface area contributed by atoms with Gasteiger partial charge in [0.2, 0.25) is 0 Å². The van der Waals surface area contributed by atoms with Gasteiger partial charge in [0.15, 0.2) is 0 Å². The van der Waals surface area contributed by atoms with Crippen LogP contribution in [0.2, 0.25) is 0 Å². The summed E-state index contributed by atoms with van der Waals surface area (Å²) < 4.78 is 0. The van der Waals surface area contributed by atoms with Crippen LogP contribution in [0.3, 0.4) is 0 Å². The topological polar surface area (TPSA) is 3.24 Å². The van der Waals surface area contributed by atoms with E-state index in [1.165, 1.54) is 53.5 Å². The summed E-state index contributed by atoms with van der Waals surface area (Å²) in [6.07, 6.45) is 7.57. The van der Waals surface area contributed by atoms with Crippen LogP contribution in [0.5, 0.6) is 0 Å². The molecular weight excluding hydrogens is 374 g/mol. The molecule has 0 aromatic heterocycles. The molecule has 0 bridgehead atoms. The fourth-order valence-electron chi connectivity index (χ4n) is 5.46. The highest BCUT2D eigenvalue weighted by atomic mass is 15.2. The van der Waals surface area contributed by atoms with Crippen molar-refractivity contribution in [1.29, 1.82) is 0 Å². The number of fused-ring (bicyclic) bond motifs is 1. The van der Waals surface area contributed by atoms with Gasteiger partial charge in [-0.25, -0.2) is 0 Å². The molecule has 1 heterocycles. The molecule has 1 saturated carbocycles. The third kappa shape index (κ3) is 4.16. The van der Waals surface area contributed by atoms with Crippen molar-refractivity contribution in [2.75, 3.05) is 0 Å². The maximum Gasteiger partial charge on any atom is 0.0612 e. The van der Waals surface area contributed by atoms with Crippen LogP contribution in [0.4, 0.5) is 0 Å². The first-order valence-corrected chi connectivity index (χ1v) is 11.6. The molecule has 3 aromatic rings. The summed E-state index contributed by atoms with van der Waals surface area (Å²) in [5, 5.41) is 0. The first-order chi connectivity index (χ1) is 15.3. The number of hydrogen-bond acceptors (Lipinski definition) is 1. The number of benzene rings is 3. The van der Waals surface area contributed by atoms with Crippen molar-refractivity contribution in [1.82, 2.24) is 4.90 Å². The molecule has 3 aromatic carbocycles. The zero-order valence-corrected chi connectivity index (χ0v) is 18.4. The molecule has 1 aliphatic carbocycles. The molecule has 0 radical (unpaired) electrons. The summed E-state index contributed by atoms with van der Waals surface area (Å²) in [5.74, 6) is 0. The van der Waals surface area contributed by atoms with Gasteiger partial charge in [-0.1, -0.05) is 97.4 Å². The van der Waals surface area contributed by atoms with E-state index in [9.17, 15) is 0 Å².